The Kier molecular flexibility index (Phi) is 6.49. The number of anilines is 1. The standard InChI is InChI=1S/C18H21ClN4O2S/c19-15-1-3-16(4-2-15)21-18(25)20-6-7-22-8-10-23(11-9-22)17(24)14-5-12-26-13-14/h1-5,12-13H,6-11H2,(H2,20,21,25). The van der Waals surface area contributed by atoms with Gasteiger partial charge in [0.1, 0.15) is 0 Å². The maximum atomic E-state index is 12.3. The first kappa shape index (κ1) is 18.7. The second-order valence-corrected chi connectivity index (χ2v) is 7.25. The molecule has 26 heavy (non-hydrogen) atoms. The van der Waals surface area contributed by atoms with Gasteiger partial charge in [-0.25, -0.2) is 4.79 Å². The number of nitrogens with one attached hydrogen (secondary N) is 2. The number of carbonyl (C=O) groups excluding carboxylic acids is 2. The largest absolute Gasteiger partial charge is 0.337 e. The minimum absolute atomic E-state index is 0.103. The minimum Gasteiger partial charge on any atom is -0.337 e. The van der Waals surface area contributed by atoms with E-state index in [0.717, 1.165) is 25.2 Å². The normalized spacial score (nSPS) is 14.9. The summed E-state index contributed by atoms with van der Waals surface area (Å²) in [5, 5.41) is 10.1. The summed E-state index contributed by atoms with van der Waals surface area (Å²) in [5.74, 6) is 0.103. The van der Waals surface area contributed by atoms with Crippen molar-refractivity contribution in [3.8, 4) is 0 Å². The van der Waals surface area contributed by atoms with Crippen molar-refractivity contribution in [2.24, 2.45) is 0 Å². The van der Waals surface area contributed by atoms with E-state index < -0.39 is 0 Å². The Morgan fingerprint density at radius 2 is 1.81 bits per heavy atom. The molecule has 0 saturated carbocycles. The molecule has 3 rings (SSSR count). The Labute approximate surface area is 161 Å². The summed E-state index contributed by atoms with van der Waals surface area (Å²) in [4.78, 5) is 28.3. The van der Waals surface area contributed by atoms with Crippen molar-refractivity contribution in [2.75, 3.05) is 44.6 Å². The molecule has 3 amide bonds. The van der Waals surface area contributed by atoms with Gasteiger partial charge in [0.2, 0.25) is 0 Å². The van der Waals surface area contributed by atoms with Crippen LogP contribution in [-0.4, -0.2) is 61.0 Å². The Hall–Kier alpha value is -2.09. The van der Waals surface area contributed by atoms with Gasteiger partial charge in [-0.2, -0.15) is 11.3 Å². The van der Waals surface area contributed by atoms with Crippen molar-refractivity contribution in [3.05, 3.63) is 51.7 Å². The molecule has 2 N–H and O–H groups in total. The Balaban J connectivity index is 1.34. The average molecular weight is 393 g/mol. The van der Waals surface area contributed by atoms with E-state index in [4.69, 9.17) is 11.6 Å². The highest BCUT2D eigenvalue weighted by Crippen LogP contribution is 2.13. The van der Waals surface area contributed by atoms with Crippen LogP contribution in [0.4, 0.5) is 10.5 Å². The minimum atomic E-state index is -0.237. The summed E-state index contributed by atoms with van der Waals surface area (Å²) in [5.41, 5.74) is 1.47. The van der Waals surface area contributed by atoms with Crippen molar-refractivity contribution in [1.29, 1.82) is 0 Å². The Morgan fingerprint density at radius 3 is 2.46 bits per heavy atom. The molecule has 6 nitrogen and oxygen atoms in total. The van der Waals surface area contributed by atoms with E-state index in [2.05, 4.69) is 15.5 Å². The first-order valence-corrected chi connectivity index (χ1v) is 9.78. The molecule has 0 atom stereocenters. The van der Waals surface area contributed by atoms with Crippen LogP contribution >= 0.6 is 22.9 Å². The Bertz CT molecular complexity index is 728. The number of benzene rings is 1. The lowest BCUT2D eigenvalue weighted by molar-refractivity contribution is 0.0640. The molecule has 1 aliphatic heterocycles. The first-order chi connectivity index (χ1) is 12.6. The topological polar surface area (TPSA) is 64.7 Å². The van der Waals surface area contributed by atoms with Crippen molar-refractivity contribution in [3.63, 3.8) is 0 Å². The molecule has 0 aliphatic carbocycles. The molecule has 1 fully saturated rings. The highest BCUT2D eigenvalue weighted by Gasteiger charge is 2.22. The molecule has 1 saturated heterocycles. The van der Waals surface area contributed by atoms with Gasteiger partial charge in [-0.05, 0) is 35.7 Å². The van der Waals surface area contributed by atoms with Crippen LogP contribution in [0, 0.1) is 0 Å². The number of hydrogen-bond acceptors (Lipinski definition) is 4. The quantitative estimate of drug-likeness (QED) is 0.822. The molecular weight excluding hydrogens is 372 g/mol. The smallest absolute Gasteiger partial charge is 0.319 e. The molecule has 0 unspecified atom stereocenters. The SMILES string of the molecule is O=C(NCCN1CCN(C(=O)c2ccsc2)CC1)Nc1ccc(Cl)cc1. The number of thiophene rings is 1. The van der Waals surface area contributed by atoms with Crippen molar-refractivity contribution < 1.29 is 9.59 Å². The van der Waals surface area contributed by atoms with Gasteiger partial charge in [-0.15, -0.1) is 0 Å². The van der Waals surface area contributed by atoms with Crippen LogP contribution in [0.2, 0.25) is 5.02 Å². The molecule has 8 heteroatoms. The fourth-order valence-corrected chi connectivity index (χ4v) is 3.54. The number of rotatable bonds is 5. The number of nitrogens with zero attached hydrogens (tertiary/aromatic N) is 2. The van der Waals surface area contributed by atoms with E-state index in [1.165, 1.54) is 11.3 Å². The van der Waals surface area contributed by atoms with Crippen LogP contribution in [-0.2, 0) is 0 Å². The van der Waals surface area contributed by atoms with Gasteiger partial charge in [0.05, 0.1) is 5.56 Å². The second kappa shape index (κ2) is 9.02. The maximum Gasteiger partial charge on any atom is 0.319 e. The third-order valence-electron chi connectivity index (χ3n) is 4.24. The highest BCUT2D eigenvalue weighted by molar-refractivity contribution is 7.08. The molecule has 1 aromatic heterocycles. The molecule has 0 radical (unpaired) electrons. The van der Waals surface area contributed by atoms with Gasteiger partial charge in [-0.3, -0.25) is 9.69 Å². The summed E-state index contributed by atoms with van der Waals surface area (Å²) in [6.07, 6.45) is 0. The zero-order chi connectivity index (χ0) is 18.4. The van der Waals surface area contributed by atoms with Gasteiger partial charge < -0.3 is 15.5 Å². The third kappa shape index (κ3) is 5.20. The van der Waals surface area contributed by atoms with Crippen LogP contribution in [0.3, 0.4) is 0 Å². The molecule has 1 aromatic carbocycles. The van der Waals surface area contributed by atoms with E-state index >= 15 is 0 Å². The lowest BCUT2D eigenvalue weighted by atomic mass is 10.2. The molecule has 2 heterocycles. The predicted octanol–water partition coefficient (Wildman–Crippen LogP) is 2.98. The number of urea groups is 1. The molecule has 0 bridgehead atoms. The fraction of sp³-hybridized carbons (Fsp3) is 0.333. The summed E-state index contributed by atoms with van der Waals surface area (Å²) >= 11 is 7.36. The lowest BCUT2D eigenvalue weighted by Gasteiger charge is -2.34. The molecule has 138 valence electrons. The highest BCUT2D eigenvalue weighted by atomic mass is 35.5. The van der Waals surface area contributed by atoms with Crippen molar-refractivity contribution in [1.82, 2.24) is 15.1 Å². The summed E-state index contributed by atoms with van der Waals surface area (Å²) in [6.45, 7) is 4.37. The molecule has 2 aromatic rings. The first-order valence-electron chi connectivity index (χ1n) is 8.46. The van der Waals surface area contributed by atoms with Gasteiger partial charge in [-0.1, -0.05) is 11.6 Å². The van der Waals surface area contributed by atoms with E-state index in [-0.39, 0.29) is 11.9 Å². The zero-order valence-electron chi connectivity index (χ0n) is 14.3. The van der Waals surface area contributed by atoms with Crippen LogP contribution < -0.4 is 10.6 Å². The van der Waals surface area contributed by atoms with Crippen molar-refractivity contribution >= 4 is 40.6 Å². The number of carbonyl (C=O) groups is 2. The number of amides is 3. The number of halogens is 1. The van der Waals surface area contributed by atoms with E-state index in [9.17, 15) is 9.59 Å². The van der Waals surface area contributed by atoms with Crippen LogP contribution in [0.25, 0.3) is 0 Å². The van der Waals surface area contributed by atoms with Crippen LogP contribution in [0.15, 0.2) is 41.1 Å². The molecular formula is C18H21ClN4O2S. The number of hydrogen-bond donors (Lipinski definition) is 2. The van der Waals surface area contributed by atoms with Gasteiger partial charge in [0, 0.05) is 55.4 Å². The van der Waals surface area contributed by atoms with E-state index in [0.29, 0.717) is 30.3 Å². The van der Waals surface area contributed by atoms with Crippen LogP contribution in [0.5, 0.6) is 0 Å². The lowest BCUT2D eigenvalue weighted by Crippen LogP contribution is -2.50. The maximum absolute atomic E-state index is 12.3. The fourth-order valence-electron chi connectivity index (χ4n) is 2.78. The predicted molar refractivity (Wildman–Crippen MR) is 105 cm³/mol. The van der Waals surface area contributed by atoms with Gasteiger partial charge in [0.15, 0.2) is 0 Å². The van der Waals surface area contributed by atoms with Gasteiger partial charge >= 0.3 is 6.03 Å². The number of piperazine rings is 1. The van der Waals surface area contributed by atoms with Gasteiger partial charge in [0.25, 0.3) is 5.91 Å². The van der Waals surface area contributed by atoms with E-state index in [1.54, 1.807) is 24.3 Å². The summed E-state index contributed by atoms with van der Waals surface area (Å²) in [7, 11) is 0. The molecule has 1 aliphatic rings. The molecule has 0 spiro atoms. The van der Waals surface area contributed by atoms with Crippen molar-refractivity contribution in [2.45, 2.75) is 0 Å². The average Bonchev–Trinajstić information content (AvgIpc) is 3.18. The monoisotopic (exact) mass is 392 g/mol. The third-order valence-corrected chi connectivity index (χ3v) is 5.18. The van der Waals surface area contributed by atoms with E-state index in [1.807, 2.05) is 21.7 Å². The zero-order valence-corrected chi connectivity index (χ0v) is 15.9. The second-order valence-electron chi connectivity index (χ2n) is 6.03. The van der Waals surface area contributed by atoms with Crippen LogP contribution in [0.1, 0.15) is 10.4 Å². The Morgan fingerprint density at radius 1 is 1.08 bits per heavy atom. The summed E-state index contributed by atoms with van der Waals surface area (Å²) < 4.78 is 0. The summed E-state index contributed by atoms with van der Waals surface area (Å²) in [6, 6.07) is 8.60.